The maximum absolute atomic E-state index is 9.59. The van der Waals surface area contributed by atoms with Gasteiger partial charge >= 0.3 is 0 Å². The van der Waals surface area contributed by atoms with Crippen molar-refractivity contribution in [2.75, 3.05) is 0 Å². The quantitative estimate of drug-likeness (QED) is 0.663. The zero-order valence-corrected chi connectivity index (χ0v) is 12.8. The van der Waals surface area contributed by atoms with Gasteiger partial charge < -0.3 is 10.8 Å². The lowest BCUT2D eigenvalue weighted by atomic mass is 10.1. The molecular formula is C17H15Cl2NO. The molecule has 4 heteroatoms. The molecule has 3 aromatic rings. The molecule has 0 aliphatic rings. The standard InChI is InChI=1S/C10H6Cl2O.C7H9N/c11-8-5-9(12)10(13)7-4-2-1-3-6(7)8;8-6-7-4-2-1-3-5-7/h1-5,13H;1-5H,6,8H2. The molecule has 0 fully saturated rings. The molecule has 0 saturated carbocycles. The Morgan fingerprint density at radius 1 is 0.810 bits per heavy atom. The fraction of sp³-hybridized carbons (Fsp3) is 0.0588. The third kappa shape index (κ3) is 3.88. The Morgan fingerprint density at radius 2 is 1.38 bits per heavy atom. The summed E-state index contributed by atoms with van der Waals surface area (Å²) in [6.07, 6.45) is 0. The number of hydrogen-bond donors (Lipinski definition) is 2. The van der Waals surface area contributed by atoms with Crippen LogP contribution in [0.15, 0.2) is 60.7 Å². The monoisotopic (exact) mass is 319 g/mol. The van der Waals surface area contributed by atoms with Crippen molar-refractivity contribution in [2.24, 2.45) is 5.73 Å². The Balaban J connectivity index is 0.000000173. The van der Waals surface area contributed by atoms with Gasteiger partial charge in [0.05, 0.1) is 10.0 Å². The van der Waals surface area contributed by atoms with E-state index in [0.29, 0.717) is 17.0 Å². The van der Waals surface area contributed by atoms with E-state index < -0.39 is 0 Å². The lowest BCUT2D eigenvalue weighted by Gasteiger charge is -2.04. The van der Waals surface area contributed by atoms with Crippen LogP contribution in [0, 0.1) is 0 Å². The first-order valence-corrected chi connectivity index (χ1v) is 7.18. The van der Waals surface area contributed by atoms with E-state index in [0.717, 1.165) is 5.39 Å². The van der Waals surface area contributed by atoms with E-state index >= 15 is 0 Å². The second-order valence-corrected chi connectivity index (χ2v) is 5.24. The predicted molar refractivity (Wildman–Crippen MR) is 90.0 cm³/mol. The summed E-state index contributed by atoms with van der Waals surface area (Å²) >= 11 is 11.7. The lowest BCUT2D eigenvalue weighted by molar-refractivity contribution is 0.482. The Labute approximate surface area is 133 Å². The molecule has 3 N–H and O–H groups in total. The Hall–Kier alpha value is -1.74. The summed E-state index contributed by atoms with van der Waals surface area (Å²) < 4.78 is 0. The van der Waals surface area contributed by atoms with Gasteiger partial charge in [0.15, 0.2) is 0 Å². The van der Waals surface area contributed by atoms with E-state index in [1.165, 1.54) is 5.56 Å². The van der Waals surface area contributed by atoms with Gasteiger partial charge in [-0.05, 0) is 11.6 Å². The van der Waals surface area contributed by atoms with Gasteiger partial charge in [0.25, 0.3) is 0 Å². The zero-order chi connectivity index (χ0) is 15.2. The van der Waals surface area contributed by atoms with Crippen molar-refractivity contribution in [1.82, 2.24) is 0 Å². The number of hydrogen-bond acceptors (Lipinski definition) is 2. The van der Waals surface area contributed by atoms with E-state index in [1.807, 2.05) is 48.5 Å². The molecule has 0 unspecified atom stereocenters. The van der Waals surface area contributed by atoms with Crippen LogP contribution in [-0.2, 0) is 6.54 Å². The highest BCUT2D eigenvalue weighted by Crippen LogP contribution is 2.36. The number of nitrogens with two attached hydrogens (primary N) is 1. The smallest absolute Gasteiger partial charge is 0.142 e. The number of benzene rings is 3. The molecule has 0 radical (unpaired) electrons. The summed E-state index contributed by atoms with van der Waals surface area (Å²) in [7, 11) is 0. The average Bonchev–Trinajstić information content (AvgIpc) is 2.54. The molecule has 0 saturated heterocycles. The number of aromatic hydroxyl groups is 1. The van der Waals surface area contributed by atoms with Crippen molar-refractivity contribution < 1.29 is 5.11 Å². The summed E-state index contributed by atoms with van der Waals surface area (Å²) in [6, 6.07) is 18.8. The molecule has 0 aliphatic carbocycles. The first-order chi connectivity index (χ1) is 10.1. The third-order valence-corrected chi connectivity index (χ3v) is 3.60. The minimum absolute atomic E-state index is 0.0849. The molecule has 0 heterocycles. The number of fused-ring (bicyclic) bond motifs is 1. The van der Waals surface area contributed by atoms with E-state index in [9.17, 15) is 5.11 Å². The predicted octanol–water partition coefficient (Wildman–Crippen LogP) is 5.00. The molecule has 21 heavy (non-hydrogen) atoms. The van der Waals surface area contributed by atoms with Gasteiger partial charge in [0.2, 0.25) is 0 Å². The Morgan fingerprint density at radius 3 is 1.95 bits per heavy atom. The summed E-state index contributed by atoms with van der Waals surface area (Å²) in [5, 5.41) is 11.9. The fourth-order valence-electron chi connectivity index (χ4n) is 1.90. The second-order valence-electron chi connectivity index (χ2n) is 4.42. The first kappa shape index (κ1) is 15.6. The molecule has 0 aliphatic heterocycles. The molecule has 0 spiro atoms. The van der Waals surface area contributed by atoms with Crippen LogP contribution in [0.5, 0.6) is 5.75 Å². The minimum Gasteiger partial charge on any atom is -0.506 e. The van der Waals surface area contributed by atoms with E-state index in [2.05, 4.69) is 0 Å². The van der Waals surface area contributed by atoms with Gasteiger partial charge in [-0.1, -0.05) is 77.8 Å². The SMILES string of the molecule is NCc1ccccc1.Oc1c(Cl)cc(Cl)c2ccccc12. The molecule has 2 nitrogen and oxygen atoms in total. The Kier molecular flexibility index (Phi) is 5.45. The van der Waals surface area contributed by atoms with Crippen molar-refractivity contribution in [3.05, 3.63) is 76.3 Å². The number of rotatable bonds is 1. The molecule has 3 rings (SSSR count). The lowest BCUT2D eigenvalue weighted by Crippen LogP contribution is -1.94. The van der Waals surface area contributed by atoms with Crippen LogP contribution in [0.25, 0.3) is 10.8 Å². The van der Waals surface area contributed by atoms with Crippen LogP contribution in [-0.4, -0.2) is 5.11 Å². The highest BCUT2D eigenvalue weighted by Gasteiger charge is 2.07. The number of phenolic OH excluding ortho intramolecular Hbond substituents is 1. The zero-order valence-electron chi connectivity index (χ0n) is 11.3. The molecule has 0 bridgehead atoms. The van der Waals surface area contributed by atoms with E-state index in [-0.39, 0.29) is 10.8 Å². The maximum atomic E-state index is 9.59. The van der Waals surface area contributed by atoms with Gasteiger partial charge in [0.1, 0.15) is 5.75 Å². The van der Waals surface area contributed by atoms with Crippen LogP contribution in [0.2, 0.25) is 10.0 Å². The Bertz CT molecular complexity index is 729. The third-order valence-electron chi connectivity index (χ3n) is 3.00. The van der Waals surface area contributed by atoms with Crippen molar-refractivity contribution in [1.29, 1.82) is 0 Å². The van der Waals surface area contributed by atoms with Crippen molar-refractivity contribution >= 4 is 34.0 Å². The van der Waals surface area contributed by atoms with Gasteiger partial charge in [-0.2, -0.15) is 0 Å². The molecule has 0 amide bonds. The van der Waals surface area contributed by atoms with Crippen molar-refractivity contribution in [3.8, 4) is 5.75 Å². The molecule has 108 valence electrons. The van der Waals surface area contributed by atoms with E-state index in [1.54, 1.807) is 12.1 Å². The van der Waals surface area contributed by atoms with Crippen LogP contribution in [0.1, 0.15) is 5.56 Å². The summed E-state index contributed by atoms with van der Waals surface area (Å²) in [5.41, 5.74) is 6.54. The van der Waals surface area contributed by atoms with E-state index in [4.69, 9.17) is 28.9 Å². The van der Waals surface area contributed by atoms with Gasteiger partial charge in [-0.15, -0.1) is 0 Å². The first-order valence-electron chi connectivity index (χ1n) is 6.43. The van der Waals surface area contributed by atoms with Crippen LogP contribution < -0.4 is 5.73 Å². The normalized spacial score (nSPS) is 10.0. The minimum atomic E-state index is 0.0849. The fourth-order valence-corrected chi connectivity index (χ4v) is 2.44. The number of halogens is 2. The van der Waals surface area contributed by atoms with Gasteiger partial charge in [-0.3, -0.25) is 0 Å². The average molecular weight is 320 g/mol. The molecule has 0 aromatic heterocycles. The highest BCUT2D eigenvalue weighted by atomic mass is 35.5. The second kappa shape index (κ2) is 7.32. The summed E-state index contributed by atoms with van der Waals surface area (Å²) in [5.74, 6) is 0.0849. The maximum Gasteiger partial charge on any atom is 0.142 e. The highest BCUT2D eigenvalue weighted by molar-refractivity contribution is 6.39. The molecule has 0 atom stereocenters. The largest absolute Gasteiger partial charge is 0.506 e. The molecule has 3 aromatic carbocycles. The topological polar surface area (TPSA) is 46.2 Å². The van der Waals surface area contributed by atoms with Crippen molar-refractivity contribution in [2.45, 2.75) is 6.54 Å². The summed E-state index contributed by atoms with van der Waals surface area (Å²) in [6.45, 7) is 0.640. The van der Waals surface area contributed by atoms with Crippen LogP contribution in [0.4, 0.5) is 0 Å². The summed E-state index contributed by atoms with van der Waals surface area (Å²) in [4.78, 5) is 0. The van der Waals surface area contributed by atoms with Gasteiger partial charge in [0, 0.05) is 17.3 Å². The number of phenols is 1. The van der Waals surface area contributed by atoms with Gasteiger partial charge in [-0.25, -0.2) is 0 Å². The molecular weight excluding hydrogens is 305 g/mol. The van der Waals surface area contributed by atoms with Crippen LogP contribution >= 0.6 is 23.2 Å². The van der Waals surface area contributed by atoms with Crippen LogP contribution in [0.3, 0.4) is 0 Å². The van der Waals surface area contributed by atoms with Crippen molar-refractivity contribution in [3.63, 3.8) is 0 Å².